The molecule has 0 aliphatic rings. The molecule has 0 saturated carbocycles. The molecule has 0 aliphatic heterocycles. The Labute approximate surface area is 156 Å². The third-order valence-corrected chi connectivity index (χ3v) is 3.88. The number of halogens is 2. The van der Waals surface area contributed by atoms with Gasteiger partial charge in [0.25, 0.3) is 0 Å². The van der Waals surface area contributed by atoms with Gasteiger partial charge in [0.15, 0.2) is 0 Å². The molecule has 4 nitrogen and oxygen atoms in total. The predicted molar refractivity (Wildman–Crippen MR) is 102 cm³/mol. The molecule has 0 amide bonds. The van der Waals surface area contributed by atoms with E-state index in [9.17, 15) is 0 Å². The van der Waals surface area contributed by atoms with Gasteiger partial charge in [-0.15, -0.1) is 0 Å². The second-order valence-corrected chi connectivity index (χ2v) is 6.30. The Hall–Kier alpha value is -2.27. The molecule has 6 heteroatoms. The monoisotopic (exact) mass is 373 g/mol. The van der Waals surface area contributed by atoms with E-state index in [1.807, 2.05) is 42.6 Å². The summed E-state index contributed by atoms with van der Waals surface area (Å²) in [7, 11) is 0. The van der Waals surface area contributed by atoms with Crippen molar-refractivity contribution in [1.29, 1.82) is 0 Å². The van der Waals surface area contributed by atoms with Crippen molar-refractivity contribution in [3.8, 4) is 5.75 Å². The molecule has 0 aliphatic carbocycles. The molecule has 1 aromatic heterocycles. The first-order valence-electron chi connectivity index (χ1n) is 7.75. The topological polar surface area (TPSA) is 46.2 Å². The SMILES string of the molecule is Clc1cc(Cl)cc(OCc2ccc(NNCc3cccnc3)cc2)c1. The number of hydrogen-bond donors (Lipinski definition) is 2. The zero-order valence-corrected chi connectivity index (χ0v) is 14.9. The maximum atomic E-state index is 5.96. The summed E-state index contributed by atoms with van der Waals surface area (Å²) >= 11 is 11.9. The first-order chi connectivity index (χ1) is 12.2. The van der Waals surface area contributed by atoms with Crippen molar-refractivity contribution in [3.05, 3.63) is 88.2 Å². The molecule has 0 radical (unpaired) electrons. The van der Waals surface area contributed by atoms with Gasteiger partial charge in [-0.1, -0.05) is 41.4 Å². The fraction of sp³-hybridized carbons (Fsp3) is 0.105. The van der Waals surface area contributed by atoms with Crippen molar-refractivity contribution in [2.75, 3.05) is 5.43 Å². The number of aromatic nitrogens is 1. The first-order valence-corrected chi connectivity index (χ1v) is 8.50. The van der Waals surface area contributed by atoms with Crippen LogP contribution >= 0.6 is 23.2 Å². The van der Waals surface area contributed by atoms with E-state index in [4.69, 9.17) is 27.9 Å². The van der Waals surface area contributed by atoms with Gasteiger partial charge in [-0.2, -0.15) is 0 Å². The Morgan fingerprint density at radius 3 is 2.36 bits per heavy atom. The van der Waals surface area contributed by atoms with Crippen LogP contribution in [-0.4, -0.2) is 4.98 Å². The van der Waals surface area contributed by atoms with Gasteiger partial charge < -0.3 is 10.2 Å². The largest absolute Gasteiger partial charge is 0.489 e. The number of ether oxygens (including phenoxy) is 1. The lowest BCUT2D eigenvalue weighted by Crippen LogP contribution is -2.20. The number of anilines is 1. The quantitative estimate of drug-likeness (QED) is 0.566. The van der Waals surface area contributed by atoms with E-state index in [-0.39, 0.29) is 0 Å². The summed E-state index contributed by atoms with van der Waals surface area (Å²) in [6, 6.07) is 17.1. The average molecular weight is 374 g/mol. The third kappa shape index (κ3) is 5.64. The van der Waals surface area contributed by atoms with Crippen molar-refractivity contribution >= 4 is 28.9 Å². The molecule has 2 N–H and O–H groups in total. The van der Waals surface area contributed by atoms with Crippen LogP contribution in [0.25, 0.3) is 0 Å². The predicted octanol–water partition coefficient (Wildman–Crippen LogP) is 5.08. The van der Waals surface area contributed by atoms with E-state index in [1.165, 1.54) is 0 Å². The number of nitrogens with one attached hydrogen (secondary N) is 2. The Morgan fingerprint density at radius 2 is 1.68 bits per heavy atom. The summed E-state index contributed by atoms with van der Waals surface area (Å²) < 4.78 is 5.72. The van der Waals surface area contributed by atoms with Gasteiger partial charge >= 0.3 is 0 Å². The number of nitrogens with zero attached hydrogens (tertiary/aromatic N) is 1. The van der Waals surface area contributed by atoms with Crippen molar-refractivity contribution in [2.24, 2.45) is 0 Å². The van der Waals surface area contributed by atoms with Crippen LogP contribution in [0.1, 0.15) is 11.1 Å². The van der Waals surface area contributed by atoms with Crippen LogP contribution in [0.2, 0.25) is 10.0 Å². The van der Waals surface area contributed by atoms with Gasteiger partial charge in [-0.3, -0.25) is 4.98 Å². The molecule has 0 unspecified atom stereocenters. The van der Waals surface area contributed by atoms with E-state index >= 15 is 0 Å². The summed E-state index contributed by atoms with van der Waals surface area (Å²) in [6.45, 7) is 1.13. The van der Waals surface area contributed by atoms with E-state index in [1.54, 1.807) is 24.4 Å². The zero-order valence-electron chi connectivity index (χ0n) is 13.4. The highest BCUT2D eigenvalue weighted by atomic mass is 35.5. The molecule has 0 fully saturated rings. The molecule has 0 saturated heterocycles. The van der Waals surface area contributed by atoms with Crippen molar-refractivity contribution in [1.82, 2.24) is 10.4 Å². The summed E-state index contributed by atoms with van der Waals surface area (Å²) in [5, 5.41) is 1.11. The van der Waals surface area contributed by atoms with Gasteiger partial charge in [-0.25, -0.2) is 5.43 Å². The Kier molecular flexibility index (Phi) is 6.12. The van der Waals surface area contributed by atoms with Crippen LogP contribution in [0.5, 0.6) is 5.75 Å². The second-order valence-electron chi connectivity index (χ2n) is 5.43. The number of hydrogen-bond acceptors (Lipinski definition) is 4. The average Bonchev–Trinajstić information content (AvgIpc) is 2.61. The van der Waals surface area contributed by atoms with Gasteiger partial charge in [-0.05, 0) is 47.5 Å². The molecular formula is C19H17Cl2N3O. The Morgan fingerprint density at radius 1 is 0.920 bits per heavy atom. The molecule has 3 rings (SSSR count). The fourth-order valence-corrected chi connectivity index (χ4v) is 2.72. The first kappa shape index (κ1) is 17.5. The molecule has 128 valence electrons. The highest BCUT2D eigenvalue weighted by Crippen LogP contribution is 2.25. The normalized spacial score (nSPS) is 10.5. The number of rotatable bonds is 7. The molecule has 0 atom stereocenters. The third-order valence-electron chi connectivity index (χ3n) is 3.44. The van der Waals surface area contributed by atoms with E-state index in [2.05, 4.69) is 15.8 Å². The van der Waals surface area contributed by atoms with Crippen molar-refractivity contribution in [3.63, 3.8) is 0 Å². The second kappa shape index (κ2) is 8.72. The fourth-order valence-electron chi connectivity index (χ4n) is 2.21. The molecule has 1 heterocycles. The Balaban J connectivity index is 1.48. The highest BCUT2D eigenvalue weighted by molar-refractivity contribution is 6.34. The standard InChI is InChI=1S/C19H17Cl2N3O/c20-16-8-17(21)10-19(9-16)25-13-14-3-5-18(6-4-14)24-23-12-15-2-1-7-22-11-15/h1-11,23-24H,12-13H2. The maximum absolute atomic E-state index is 5.96. The van der Waals surface area contributed by atoms with Crippen molar-refractivity contribution < 1.29 is 4.74 Å². The maximum Gasteiger partial charge on any atom is 0.122 e. The van der Waals surface area contributed by atoms with Gasteiger partial charge in [0.05, 0.1) is 0 Å². The molecule has 0 bridgehead atoms. The van der Waals surface area contributed by atoms with Crippen LogP contribution in [0.3, 0.4) is 0 Å². The molecule has 0 spiro atoms. The van der Waals surface area contributed by atoms with Crippen molar-refractivity contribution in [2.45, 2.75) is 13.2 Å². The minimum Gasteiger partial charge on any atom is -0.489 e. The number of pyridine rings is 1. The molecule has 25 heavy (non-hydrogen) atoms. The summed E-state index contributed by atoms with van der Waals surface area (Å²) in [5.74, 6) is 0.651. The lowest BCUT2D eigenvalue weighted by Gasteiger charge is -2.10. The van der Waals surface area contributed by atoms with E-state index in [0.29, 0.717) is 28.9 Å². The molecular weight excluding hydrogens is 357 g/mol. The smallest absolute Gasteiger partial charge is 0.122 e. The Bertz CT molecular complexity index is 790. The van der Waals surface area contributed by atoms with Gasteiger partial charge in [0.1, 0.15) is 12.4 Å². The number of hydrazine groups is 1. The minimum absolute atomic E-state index is 0.445. The molecule has 2 aromatic carbocycles. The minimum atomic E-state index is 0.445. The van der Waals surface area contributed by atoms with E-state index in [0.717, 1.165) is 16.8 Å². The summed E-state index contributed by atoms with van der Waals surface area (Å²) in [4.78, 5) is 4.08. The van der Waals surface area contributed by atoms with Gasteiger partial charge in [0.2, 0.25) is 0 Å². The zero-order chi connectivity index (χ0) is 17.5. The number of benzene rings is 2. The van der Waals surface area contributed by atoms with Crippen LogP contribution in [0.15, 0.2) is 67.0 Å². The van der Waals surface area contributed by atoms with Gasteiger partial charge in [0, 0.05) is 34.7 Å². The summed E-state index contributed by atoms with van der Waals surface area (Å²) in [5.41, 5.74) is 9.44. The van der Waals surface area contributed by atoms with Crippen LogP contribution in [0, 0.1) is 0 Å². The highest BCUT2D eigenvalue weighted by Gasteiger charge is 2.01. The van der Waals surface area contributed by atoms with Crippen LogP contribution in [0.4, 0.5) is 5.69 Å². The van der Waals surface area contributed by atoms with E-state index < -0.39 is 0 Å². The summed E-state index contributed by atoms with van der Waals surface area (Å²) in [6.07, 6.45) is 3.59. The van der Waals surface area contributed by atoms with Crippen LogP contribution < -0.4 is 15.6 Å². The lowest BCUT2D eigenvalue weighted by molar-refractivity contribution is 0.306. The molecule has 3 aromatic rings. The lowest BCUT2D eigenvalue weighted by atomic mass is 10.2. The van der Waals surface area contributed by atoms with Crippen LogP contribution in [-0.2, 0) is 13.2 Å².